The molecule has 2 heterocycles. The lowest BCUT2D eigenvalue weighted by Gasteiger charge is -2.15. The molecule has 0 atom stereocenters. The number of rotatable bonds is 3. The van der Waals surface area contributed by atoms with Crippen molar-refractivity contribution in [3.8, 4) is 0 Å². The van der Waals surface area contributed by atoms with Crippen LogP contribution in [0.4, 0.5) is 11.5 Å². The third-order valence-electron chi connectivity index (χ3n) is 2.42. The van der Waals surface area contributed by atoms with Gasteiger partial charge in [-0.15, -0.1) is 0 Å². The van der Waals surface area contributed by atoms with E-state index < -0.39 is 0 Å². The largest absolute Gasteiger partial charge is 0.361 e. The molecule has 98 valence electrons. The predicted octanol–water partition coefficient (Wildman–Crippen LogP) is 2.56. The summed E-state index contributed by atoms with van der Waals surface area (Å²) in [6.07, 6.45) is 3.27. The molecule has 0 radical (unpaired) electrons. The number of hydrogen-bond donors (Lipinski definition) is 1. The second-order valence-electron chi connectivity index (χ2n) is 4.08. The number of amides is 1. The van der Waals surface area contributed by atoms with Crippen LogP contribution in [-0.4, -0.2) is 30.0 Å². The second-order valence-corrected chi connectivity index (χ2v) is 5.00. The Morgan fingerprint density at radius 2 is 2.05 bits per heavy atom. The maximum atomic E-state index is 12.1. The highest BCUT2D eigenvalue weighted by Gasteiger charge is 2.11. The molecule has 0 aromatic carbocycles. The quantitative estimate of drug-likeness (QED) is 0.944. The van der Waals surface area contributed by atoms with Gasteiger partial charge in [0.15, 0.2) is 5.82 Å². The maximum absolute atomic E-state index is 12.1. The number of carbonyl (C=O) groups is 1. The fraction of sp³-hybridized carbons (Fsp3) is 0.154. The van der Waals surface area contributed by atoms with Crippen LogP contribution in [-0.2, 0) is 0 Å². The number of hydrogen-bond acceptors (Lipinski definition) is 4. The molecule has 0 saturated carbocycles. The van der Waals surface area contributed by atoms with Crippen molar-refractivity contribution >= 4 is 33.3 Å². The van der Waals surface area contributed by atoms with E-state index in [4.69, 9.17) is 0 Å². The highest BCUT2D eigenvalue weighted by molar-refractivity contribution is 9.10. The van der Waals surface area contributed by atoms with Gasteiger partial charge in [-0.05, 0) is 40.2 Å². The summed E-state index contributed by atoms with van der Waals surface area (Å²) in [5, 5.41) is 2.81. The minimum Gasteiger partial charge on any atom is -0.361 e. The van der Waals surface area contributed by atoms with E-state index in [-0.39, 0.29) is 5.91 Å². The van der Waals surface area contributed by atoms with Crippen molar-refractivity contribution in [3.63, 3.8) is 0 Å². The Labute approximate surface area is 119 Å². The number of halogens is 1. The van der Waals surface area contributed by atoms with Crippen molar-refractivity contribution in [1.29, 1.82) is 0 Å². The molecule has 0 bridgehead atoms. The lowest BCUT2D eigenvalue weighted by molar-refractivity contribution is 0.102. The normalized spacial score (nSPS) is 10.1. The lowest BCUT2D eigenvalue weighted by Crippen LogP contribution is -2.18. The monoisotopic (exact) mass is 320 g/mol. The van der Waals surface area contributed by atoms with Crippen LogP contribution >= 0.6 is 15.9 Å². The number of carbonyl (C=O) groups excluding carboxylic acids is 1. The topological polar surface area (TPSA) is 58.1 Å². The van der Waals surface area contributed by atoms with Crippen molar-refractivity contribution in [1.82, 2.24) is 9.97 Å². The highest BCUT2D eigenvalue weighted by atomic mass is 79.9. The van der Waals surface area contributed by atoms with Crippen LogP contribution in [0.25, 0.3) is 0 Å². The van der Waals surface area contributed by atoms with Crippen LogP contribution in [0.5, 0.6) is 0 Å². The smallest absolute Gasteiger partial charge is 0.274 e. The zero-order valence-corrected chi connectivity index (χ0v) is 12.2. The van der Waals surface area contributed by atoms with Crippen LogP contribution in [0.15, 0.2) is 41.1 Å². The van der Waals surface area contributed by atoms with Crippen LogP contribution in [0, 0.1) is 0 Å². The summed E-state index contributed by atoms with van der Waals surface area (Å²) in [4.78, 5) is 22.2. The van der Waals surface area contributed by atoms with E-state index in [1.807, 2.05) is 19.0 Å². The molecule has 0 aliphatic rings. The van der Waals surface area contributed by atoms with Gasteiger partial charge in [-0.2, -0.15) is 0 Å². The molecule has 1 N–H and O–H groups in total. The fourth-order valence-electron chi connectivity index (χ4n) is 1.55. The molecule has 0 aliphatic carbocycles. The minimum atomic E-state index is -0.261. The Kier molecular flexibility index (Phi) is 4.11. The Morgan fingerprint density at radius 3 is 2.68 bits per heavy atom. The van der Waals surface area contributed by atoms with Crippen molar-refractivity contribution < 1.29 is 4.79 Å². The average molecular weight is 321 g/mol. The zero-order valence-electron chi connectivity index (χ0n) is 10.6. The molecule has 0 spiro atoms. The summed E-state index contributed by atoms with van der Waals surface area (Å²) in [6.45, 7) is 0. The van der Waals surface area contributed by atoms with Crippen LogP contribution in [0.3, 0.4) is 0 Å². The summed E-state index contributed by atoms with van der Waals surface area (Å²) < 4.78 is 0.833. The summed E-state index contributed by atoms with van der Waals surface area (Å²) in [7, 11) is 3.74. The first-order valence-corrected chi connectivity index (χ1v) is 6.42. The van der Waals surface area contributed by atoms with Gasteiger partial charge in [-0.25, -0.2) is 9.97 Å². The van der Waals surface area contributed by atoms with Crippen molar-refractivity contribution in [2.75, 3.05) is 24.3 Å². The molecule has 5 nitrogen and oxygen atoms in total. The Hall–Kier alpha value is -1.95. The first-order valence-electron chi connectivity index (χ1n) is 5.63. The molecular weight excluding hydrogens is 308 g/mol. The highest BCUT2D eigenvalue weighted by Crippen LogP contribution is 2.21. The van der Waals surface area contributed by atoms with Gasteiger partial charge < -0.3 is 10.2 Å². The minimum absolute atomic E-state index is 0.261. The van der Waals surface area contributed by atoms with Gasteiger partial charge in [0.05, 0.1) is 5.69 Å². The molecule has 2 rings (SSSR count). The third-order valence-corrected chi connectivity index (χ3v) is 2.89. The second kappa shape index (κ2) is 5.79. The molecule has 1 amide bonds. The van der Waals surface area contributed by atoms with Crippen LogP contribution in [0.2, 0.25) is 0 Å². The lowest BCUT2D eigenvalue weighted by atomic mass is 10.3. The summed E-state index contributed by atoms with van der Waals surface area (Å²) in [6, 6.07) is 7.01. The summed E-state index contributed by atoms with van der Waals surface area (Å²) in [5.74, 6) is 0.441. The first-order chi connectivity index (χ1) is 9.08. The molecule has 19 heavy (non-hydrogen) atoms. The van der Waals surface area contributed by atoms with E-state index in [9.17, 15) is 4.79 Å². The molecule has 0 fully saturated rings. The van der Waals surface area contributed by atoms with E-state index in [1.165, 1.54) is 0 Å². The fourth-order valence-corrected chi connectivity index (χ4v) is 1.78. The van der Waals surface area contributed by atoms with Gasteiger partial charge in [0.25, 0.3) is 5.91 Å². The molecule has 2 aromatic rings. The average Bonchev–Trinajstić information content (AvgIpc) is 2.39. The Bertz CT molecular complexity index is 583. The van der Waals surface area contributed by atoms with Crippen LogP contribution < -0.4 is 10.2 Å². The van der Waals surface area contributed by atoms with Crippen molar-refractivity contribution in [2.45, 2.75) is 0 Å². The van der Waals surface area contributed by atoms with Gasteiger partial charge in [0.2, 0.25) is 0 Å². The Morgan fingerprint density at radius 1 is 1.26 bits per heavy atom. The van der Waals surface area contributed by atoms with Crippen molar-refractivity contribution in [3.05, 3.63) is 46.8 Å². The molecule has 2 aromatic heterocycles. The molecule has 6 heteroatoms. The SMILES string of the molecule is CN(C)c1ncccc1NC(=O)c1ccc(Br)cn1. The van der Waals surface area contributed by atoms with Gasteiger partial charge in [0.1, 0.15) is 5.69 Å². The van der Waals surface area contributed by atoms with E-state index in [1.54, 1.807) is 36.7 Å². The Balaban J connectivity index is 2.22. The molecule has 0 saturated heterocycles. The predicted molar refractivity (Wildman–Crippen MR) is 78.5 cm³/mol. The van der Waals surface area contributed by atoms with E-state index >= 15 is 0 Å². The molecular formula is C13H13BrN4O. The number of aromatic nitrogens is 2. The van der Waals surface area contributed by atoms with E-state index in [0.29, 0.717) is 17.2 Å². The maximum Gasteiger partial charge on any atom is 0.274 e. The van der Waals surface area contributed by atoms with Gasteiger partial charge >= 0.3 is 0 Å². The van der Waals surface area contributed by atoms with Crippen LogP contribution in [0.1, 0.15) is 10.5 Å². The number of nitrogens with one attached hydrogen (secondary N) is 1. The summed E-state index contributed by atoms with van der Waals surface area (Å²) in [5.41, 5.74) is 1.01. The van der Waals surface area contributed by atoms with Gasteiger partial charge in [0, 0.05) is 31.0 Å². The zero-order chi connectivity index (χ0) is 13.8. The number of pyridine rings is 2. The number of anilines is 2. The molecule has 0 unspecified atom stereocenters. The van der Waals surface area contributed by atoms with E-state index in [0.717, 1.165) is 4.47 Å². The standard InChI is InChI=1S/C13H13BrN4O/c1-18(2)12-10(4-3-7-15-12)17-13(19)11-6-5-9(14)8-16-11/h3-8H,1-2H3,(H,17,19). The first kappa shape index (κ1) is 13.5. The van der Waals surface area contributed by atoms with Gasteiger partial charge in [-0.3, -0.25) is 4.79 Å². The molecule has 0 aliphatic heterocycles. The van der Waals surface area contributed by atoms with E-state index in [2.05, 4.69) is 31.2 Å². The number of nitrogens with zero attached hydrogens (tertiary/aromatic N) is 3. The van der Waals surface area contributed by atoms with Crippen molar-refractivity contribution in [2.24, 2.45) is 0 Å². The summed E-state index contributed by atoms with van der Waals surface area (Å²) >= 11 is 3.28. The third kappa shape index (κ3) is 3.29. The van der Waals surface area contributed by atoms with Gasteiger partial charge in [-0.1, -0.05) is 0 Å².